The molecule has 2 aromatic rings. The van der Waals surface area contributed by atoms with E-state index >= 15 is 0 Å². The minimum Gasteiger partial charge on any atom is -0.360 e. The predicted molar refractivity (Wildman–Crippen MR) is 106 cm³/mol. The van der Waals surface area contributed by atoms with Crippen molar-refractivity contribution in [1.29, 1.82) is 0 Å². The molecule has 2 aliphatic rings. The van der Waals surface area contributed by atoms with E-state index in [4.69, 9.17) is 0 Å². The normalized spacial score (nSPS) is 20.6. The molecule has 1 aliphatic heterocycles. The van der Waals surface area contributed by atoms with Crippen molar-refractivity contribution >= 4 is 12.0 Å². The van der Waals surface area contributed by atoms with Gasteiger partial charge in [0.05, 0.1) is 11.4 Å². The largest absolute Gasteiger partial charge is 0.360 e. The number of aromatic nitrogens is 3. The van der Waals surface area contributed by atoms with Gasteiger partial charge in [-0.05, 0) is 43.4 Å². The minimum absolute atomic E-state index is 0.0477. The van der Waals surface area contributed by atoms with E-state index in [1.54, 1.807) is 6.20 Å². The maximum atomic E-state index is 12.2. The Balaban J connectivity index is 1.27. The van der Waals surface area contributed by atoms with Crippen LogP contribution in [0.4, 0.5) is 10.7 Å². The van der Waals surface area contributed by atoms with E-state index < -0.39 is 0 Å². The second-order valence-corrected chi connectivity index (χ2v) is 7.62. The molecule has 4 rings (SSSR count). The number of anilines is 1. The van der Waals surface area contributed by atoms with Crippen molar-refractivity contribution in [2.75, 3.05) is 24.5 Å². The van der Waals surface area contributed by atoms with Gasteiger partial charge in [0.1, 0.15) is 0 Å². The monoisotopic (exact) mass is 368 g/mol. The van der Waals surface area contributed by atoms with Gasteiger partial charge in [0, 0.05) is 38.1 Å². The van der Waals surface area contributed by atoms with E-state index in [-0.39, 0.29) is 12.1 Å². The van der Waals surface area contributed by atoms with Gasteiger partial charge < -0.3 is 20.5 Å². The molecule has 2 aromatic heterocycles. The number of nitrogens with zero attached hydrogens (tertiary/aromatic N) is 3. The molecule has 0 aromatic carbocycles. The fourth-order valence-corrected chi connectivity index (χ4v) is 4.06. The Labute approximate surface area is 160 Å². The van der Waals surface area contributed by atoms with Crippen LogP contribution in [-0.4, -0.2) is 46.7 Å². The highest BCUT2D eigenvalue weighted by atomic mass is 16.2. The van der Waals surface area contributed by atoms with E-state index in [0.29, 0.717) is 11.9 Å². The van der Waals surface area contributed by atoms with E-state index in [9.17, 15) is 4.79 Å². The lowest BCUT2D eigenvalue weighted by molar-refractivity contribution is 0.233. The summed E-state index contributed by atoms with van der Waals surface area (Å²) in [5.41, 5.74) is 1.86. The number of carbonyl (C=O) groups is 1. The zero-order chi connectivity index (χ0) is 18.5. The molecular weight excluding hydrogens is 340 g/mol. The van der Waals surface area contributed by atoms with Crippen LogP contribution in [0.3, 0.4) is 0 Å². The third-order valence-corrected chi connectivity index (χ3v) is 5.60. The van der Waals surface area contributed by atoms with Crippen molar-refractivity contribution in [2.45, 2.75) is 44.6 Å². The third-order valence-electron chi connectivity index (χ3n) is 5.60. The van der Waals surface area contributed by atoms with Crippen LogP contribution in [0.1, 0.15) is 38.5 Å². The lowest BCUT2D eigenvalue weighted by atomic mass is 9.89. The fraction of sp³-hybridized carbons (Fsp3) is 0.550. The molecule has 1 unspecified atom stereocenters. The number of amides is 2. The lowest BCUT2D eigenvalue weighted by Crippen LogP contribution is -2.45. The SMILES string of the molecule is O=C(NCC1CCCCC1)NC1CCN(c2nccc(-c3ccc[nH]3)n2)C1. The maximum Gasteiger partial charge on any atom is 0.315 e. The van der Waals surface area contributed by atoms with Crippen LogP contribution in [0, 0.1) is 5.92 Å². The Morgan fingerprint density at radius 1 is 1.22 bits per heavy atom. The molecule has 7 heteroatoms. The second kappa shape index (κ2) is 8.41. The molecule has 2 fully saturated rings. The summed E-state index contributed by atoms with van der Waals surface area (Å²) in [5.74, 6) is 1.36. The second-order valence-electron chi connectivity index (χ2n) is 7.62. The van der Waals surface area contributed by atoms with Crippen LogP contribution < -0.4 is 15.5 Å². The topological polar surface area (TPSA) is 85.9 Å². The first-order valence-electron chi connectivity index (χ1n) is 10.0. The fourth-order valence-electron chi connectivity index (χ4n) is 4.06. The quantitative estimate of drug-likeness (QED) is 0.757. The highest BCUT2D eigenvalue weighted by molar-refractivity contribution is 5.74. The zero-order valence-electron chi connectivity index (χ0n) is 15.7. The van der Waals surface area contributed by atoms with Crippen molar-refractivity contribution < 1.29 is 4.79 Å². The van der Waals surface area contributed by atoms with Gasteiger partial charge >= 0.3 is 6.03 Å². The Kier molecular flexibility index (Phi) is 5.55. The molecule has 1 saturated carbocycles. The number of H-pyrrole nitrogens is 1. The summed E-state index contributed by atoms with van der Waals surface area (Å²) in [4.78, 5) is 26.6. The number of hydrogen-bond acceptors (Lipinski definition) is 4. The lowest BCUT2D eigenvalue weighted by Gasteiger charge is -2.22. The standard InChI is InChI=1S/C20H28N6O/c27-20(23-13-15-5-2-1-3-6-15)24-16-9-12-26(14-16)19-22-11-8-18(25-19)17-7-4-10-21-17/h4,7-8,10-11,15-16,21H,1-3,5-6,9,12-14H2,(H2,23,24,27). The molecule has 3 heterocycles. The van der Waals surface area contributed by atoms with Crippen LogP contribution >= 0.6 is 0 Å². The number of aromatic amines is 1. The first-order valence-corrected chi connectivity index (χ1v) is 10.0. The zero-order valence-corrected chi connectivity index (χ0v) is 15.7. The Hall–Kier alpha value is -2.57. The van der Waals surface area contributed by atoms with Crippen molar-refractivity contribution in [3.8, 4) is 11.4 Å². The van der Waals surface area contributed by atoms with Gasteiger partial charge in [-0.3, -0.25) is 0 Å². The van der Waals surface area contributed by atoms with Gasteiger partial charge in [-0.1, -0.05) is 19.3 Å². The molecule has 1 saturated heterocycles. The van der Waals surface area contributed by atoms with Gasteiger partial charge in [0.15, 0.2) is 0 Å². The number of urea groups is 1. The summed E-state index contributed by atoms with van der Waals surface area (Å²) in [6.07, 6.45) is 11.0. The number of hydrogen-bond donors (Lipinski definition) is 3. The first kappa shape index (κ1) is 17.8. The molecule has 0 radical (unpaired) electrons. The number of rotatable bonds is 5. The van der Waals surface area contributed by atoms with Crippen LogP contribution in [0.5, 0.6) is 0 Å². The first-order chi connectivity index (χ1) is 13.3. The third kappa shape index (κ3) is 4.59. The van der Waals surface area contributed by atoms with Crippen LogP contribution in [0.15, 0.2) is 30.6 Å². The maximum absolute atomic E-state index is 12.2. The van der Waals surface area contributed by atoms with Crippen molar-refractivity contribution in [2.24, 2.45) is 5.92 Å². The molecule has 27 heavy (non-hydrogen) atoms. The average Bonchev–Trinajstić information content (AvgIpc) is 3.40. The van der Waals surface area contributed by atoms with Crippen LogP contribution in [-0.2, 0) is 0 Å². The van der Waals surface area contributed by atoms with Crippen molar-refractivity contribution in [3.63, 3.8) is 0 Å². The van der Waals surface area contributed by atoms with E-state index in [1.165, 1.54) is 32.1 Å². The van der Waals surface area contributed by atoms with Crippen LogP contribution in [0.2, 0.25) is 0 Å². The molecule has 144 valence electrons. The molecular formula is C20H28N6O. The minimum atomic E-state index is -0.0477. The molecule has 3 N–H and O–H groups in total. The van der Waals surface area contributed by atoms with E-state index in [2.05, 4.69) is 30.5 Å². The molecule has 0 bridgehead atoms. The number of nitrogens with one attached hydrogen (secondary N) is 3. The summed E-state index contributed by atoms with van der Waals surface area (Å²) in [5, 5.41) is 6.16. The summed E-state index contributed by atoms with van der Waals surface area (Å²) in [7, 11) is 0. The molecule has 2 amide bonds. The Morgan fingerprint density at radius 2 is 2.11 bits per heavy atom. The van der Waals surface area contributed by atoms with Gasteiger partial charge in [-0.15, -0.1) is 0 Å². The summed E-state index contributed by atoms with van der Waals surface area (Å²) < 4.78 is 0. The summed E-state index contributed by atoms with van der Waals surface area (Å²) >= 11 is 0. The average molecular weight is 368 g/mol. The van der Waals surface area contributed by atoms with E-state index in [1.807, 2.05) is 24.4 Å². The smallest absolute Gasteiger partial charge is 0.315 e. The molecule has 1 aliphatic carbocycles. The van der Waals surface area contributed by atoms with E-state index in [0.717, 1.165) is 37.4 Å². The number of carbonyl (C=O) groups excluding carboxylic acids is 1. The highest BCUT2D eigenvalue weighted by Gasteiger charge is 2.26. The molecule has 7 nitrogen and oxygen atoms in total. The van der Waals surface area contributed by atoms with Gasteiger partial charge in [0.25, 0.3) is 0 Å². The summed E-state index contributed by atoms with van der Waals surface area (Å²) in [6, 6.07) is 5.94. The Morgan fingerprint density at radius 3 is 2.93 bits per heavy atom. The van der Waals surface area contributed by atoms with Crippen molar-refractivity contribution in [1.82, 2.24) is 25.6 Å². The van der Waals surface area contributed by atoms with Crippen molar-refractivity contribution in [3.05, 3.63) is 30.6 Å². The summed E-state index contributed by atoms with van der Waals surface area (Å²) in [6.45, 7) is 2.39. The highest BCUT2D eigenvalue weighted by Crippen LogP contribution is 2.23. The van der Waals surface area contributed by atoms with Crippen LogP contribution in [0.25, 0.3) is 11.4 Å². The van der Waals surface area contributed by atoms with Gasteiger partial charge in [0.2, 0.25) is 5.95 Å². The van der Waals surface area contributed by atoms with Gasteiger partial charge in [-0.2, -0.15) is 0 Å². The molecule has 1 atom stereocenters. The Bertz CT molecular complexity index is 741. The van der Waals surface area contributed by atoms with Gasteiger partial charge in [-0.25, -0.2) is 14.8 Å². The molecule has 0 spiro atoms. The predicted octanol–water partition coefficient (Wildman–Crippen LogP) is 2.93.